The van der Waals surface area contributed by atoms with Gasteiger partial charge in [0.25, 0.3) is 5.91 Å². The van der Waals surface area contributed by atoms with Crippen molar-refractivity contribution in [2.45, 2.75) is 13.8 Å². The number of carbonyl (C=O) groups is 2. The van der Waals surface area contributed by atoms with Gasteiger partial charge < -0.3 is 25.0 Å². The molecule has 0 atom stereocenters. The van der Waals surface area contributed by atoms with E-state index >= 15 is 0 Å². The number of anilines is 3. The summed E-state index contributed by atoms with van der Waals surface area (Å²) in [5.41, 5.74) is 2.81. The Morgan fingerprint density at radius 1 is 0.853 bits per heavy atom. The van der Waals surface area contributed by atoms with E-state index in [0.717, 1.165) is 11.4 Å². The quantitative estimate of drug-likeness (QED) is 0.378. The van der Waals surface area contributed by atoms with Crippen LogP contribution in [0.1, 0.15) is 24.2 Å². The average molecular weight is 462 g/mol. The summed E-state index contributed by atoms with van der Waals surface area (Å²) in [6, 6.07) is 23.9. The van der Waals surface area contributed by atoms with Gasteiger partial charge >= 0.3 is 0 Å². The van der Waals surface area contributed by atoms with Crippen molar-refractivity contribution in [2.24, 2.45) is 0 Å². The molecule has 34 heavy (non-hydrogen) atoms. The van der Waals surface area contributed by atoms with E-state index in [1.807, 2.05) is 68.4 Å². The maximum atomic E-state index is 12.9. The van der Waals surface area contributed by atoms with Crippen LogP contribution in [-0.4, -0.2) is 44.7 Å². The molecule has 0 unspecified atom stereocenters. The molecule has 3 aromatic carbocycles. The molecule has 0 aliphatic carbocycles. The van der Waals surface area contributed by atoms with Crippen LogP contribution in [0.4, 0.5) is 17.1 Å². The lowest BCUT2D eigenvalue weighted by molar-refractivity contribution is -0.114. The van der Waals surface area contributed by atoms with Crippen molar-refractivity contribution < 1.29 is 19.1 Å². The van der Waals surface area contributed by atoms with E-state index in [1.54, 1.807) is 29.2 Å². The number of carbonyl (C=O) groups excluding carboxylic acids is 2. The molecule has 178 valence electrons. The van der Waals surface area contributed by atoms with Crippen LogP contribution in [0.15, 0.2) is 78.9 Å². The monoisotopic (exact) mass is 461 g/mol. The first kappa shape index (κ1) is 24.8. The second-order valence-corrected chi connectivity index (χ2v) is 7.44. The summed E-state index contributed by atoms with van der Waals surface area (Å²) in [4.78, 5) is 27.0. The number of hydrogen-bond acceptors (Lipinski definition) is 5. The van der Waals surface area contributed by atoms with Crippen LogP contribution in [0.2, 0.25) is 0 Å². The summed E-state index contributed by atoms with van der Waals surface area (Å²) in [7, 11) is 0. The topological polar surface area (TPSA) is 79.9 Å². The van der Waals surface area contributed by atoms with Gasteiger partial charge in [-0.1, -0.05) is 24.3 Å². The van der Waals surface area contributed by atoms with E-state index in [4.69, 9.17) is 9.47 Å². The SMILES string of the molecule is CCOCCOc1cccc(NCC(=O)Nc2ccc(C(=O)N(CC)c3ccccc3)cc2)c1. The summed E-state index contributed by atoms with van der Waals surface area (Å²) in [6.07, 6.45) is 0. The van der Waals surface area contributed by atoms with Gasteiger partial charge in [0.1, 0.15) is 12.4 Å². The van der Waals surface area contributed by atoms with Gasteiger partial charge in [-0.3, -0.25) is 9.59 Å². The van der Waals surface area contributed by atoms with Crippen molar-refractivity contribution in [1.29, 1.82) is 0 Å². The zero-order valence-corrected chi connectivity index (χ0v) is 19.6. The average Bonchev–Trinajstić information content (AvgIpc) is 2.87. The minimum absolute atomic E-state index is 0.0865. The third kappa shape index (κ3) is 7.35. The highest BCUT2D eigenvalue weighted by atomic mass is 16.5. The van der Waals surface area contributed by atoms with Gasteiger partial charge in [0.2, 0.25) is 5.91 Å². The molecule has 0 saturated heterocycles. The van der Waals surface area contributed by atoms with Gasteiger partial charge in [-0.05, 0) is 62.4 Å². The Hall–Kier alpha value is -3.84. The Labute approximate surface area is 200 Å². The minimum Gasteiger partial charge on any atom is -0.491 e. The Morgan fingerprint density at radius 2 is 1.62 bits per heavy atom. The van der Waals surface area contributed by atoms with E-state index in [1.165, 1.54) is 0 Å². The van der Waals surface area contributed by atoms with E-state index in [2.05, 4.69) is 10.6 Å². The predicted molar refractivity (Wildman–Crippen MR) is 136 cm³/mol. The molecule has 0 spiro atoms. The lowest BCUT2D eigenvalue weighted by atomic mass is 10.1. The first-order chi connectivity index (χ1) is 16.6. The summed E-state index contributed by atoms with van der Waals surface area (Å²) in [6.45, 7) is 6.20. The maximum Gasteiger partial charge on any atom is 0.258 e. The van der Waals surface area contributed by atoms with Crippen molar-refractivity contribution in [3.8, 4) is 5.75 Å². The predicted octanol–water partition coefficient (Wildman–Crippen LogP) is 4.82. The molecule has 3 aromatic rings. The number of nitrogens with one attached hydrogen (secondary N) is 2. The summed E-state index contributed by atoms with van der Waals surface area (Å²) in [5.74, 6) is 0.430. The second kappa shape index (κ2) is 13.0. The highest BCUT2D eigenvalue weighted by molar-refractivity contribution is 6.06. The van der Waals surface area contributed by atoms with Gasteiger partial charge in [0.15, 0.2) is 0 Å². The van der Waals surface area contributed by atoms with E-state index in [9.17, 15) is 9.59 Å². The molecule has 7 heteroatoms. The zero-order valence-electron chi connectivity index (χ0n) is 19.6. The fourth-order valence-corrected chi connectivity index (χ4v) is 3.35. The molecule has 0 radical (unpaired) electrons. The maximum absolute atomic E-state index is 12.9. The first-order valence-corrected chi connectivity index (χ1v) is 11.4. The molecular formula is C27H31N3O4. The second-order valence-electron chi connectivity index (χ2n) is 7.44. The van der Waals surface area contributed by atoms with E-state index in [0.29, 0.717) is 43.4 Å². The normalized spacial score (nSPS) is 10.4. The van der Waals surface area contributed by atoms with Gasteiger partial charge in [-0.2, -0.15) is 0 Å². The molecule has 0 saturated carbocycles. The third-order valence-corrected chi connectivity index (χ3v) is 5.03. The molecule has 0 aliphatic heterocycles. The minimum atomic E-state index is -0.193. The fourth-order valence-electron chi connectivity index (χ4n) is 3.35. The van der Waals surface area contributed by atoms with Crippen LogP contribution in [0, 0.1) is 0 Å². The van der Waals surface area contributed by atoms with Crippen LogP contribution < -0.4 is 20.3 Å². The van der Waals surface area contributed by atoms with E-state index in [-0.39, 0.29) is 18.4 Å². The number of amides is 2. The molecule has 0 aliphatic rings. The van der Waals surface area contributed by atoms with Gasteiger partial charge in [0.05, 0.1) is 13.2 Å². The lowest BCUT2D eigenvalue weighted by Gasteiger charge is -2.21. The molecule has 7 nitrogen and oxygen atoms in total. The summed E-state index contributed by atoms with van der Waals surface area (Å²) >= 11 is 0. The smallest absolute Gasteiger partial charge is 0.258 e. The molecule has 2 amide bonds. The largest absolute Gasteiger partial charge is 0.491 e. The number of rotatable bonds is 12. The summed E-state index contributed by atoms with van der Waals surface area (Å²) < 4.78 is 10.9. The number of para-hydroxylation sites is 1. The molecule has 0 aromatic heterocycles. The Morgan fingerprint density at radius 3 is 2.32 bits per heavy atom. The zero-order chi connectivity index (χ0) is 24.2. The molecule has 0 heterocycles. The molecule has 0 fully saturated rings. The van der Waals surface area contributed by atoms with Crippen molar-refractivity contribution in [3.05, 3.63) is 84.4 Å². The highest BCUT2D eigenvalue weighted by Crippen LogP contribution is 2.19. The number of hydrogen-bond donors (Lipinski definition) is 2. The number of nitrogens with zero attached hydrogens (tertiary/aromatic N) is 1. The lowest BCUT2D eigenvalue weighted by Crippen LogP contribution is -2.30. The molecule has 3 rings (SSSR count). The van der Waals surface area contributed by atoms with Crippen LogP contribution in [0.5, 0.6) is 5.75 Å². The van der Waals surface area contributed by atoms with Gasteiger partial charge in [-0.25, -0.2) is 0 Å². The molecule has 2 N–H and O–H groups in total. The Bertz CT molecular complexity index is 1050. The standard InChI is InChI=1S/C27H31N3O4/c1-3-30(24-10-6-5-7-11-24)27(32)21-13-15-22(16-14-21)29-26(31)20-28-23-9-8-12-25(19-23)34-18-17-33-4-2/h5-16,19,28H,3-4,17-18,20H2,1-2H3,(H,29,31). The molecular weight excluding hydrogens is 430 g/mol. The van der Waals surface area contributed by atoms with Gasteiger partial charge in [0, 0.05) is 41.8 Å². The van der Waals surface area contributed by atoms with Crippen molar-refractivity contribution in [3.63, 3.8) is 0 Å². The van der Waals surface area contributed by atoms with Crippen LogP contribution in [0.25, 0.3) is 0 Å². The van der Waals surface area contributed by atoms with Crippen molar-refractivity contribution in [1.82, 2.24) is 0 Å². The highest BCUT2D eigenvalue weighted by Gasteiger charge is 2.16. The van der Waals surface area contributed by atoms with E-state index < -0.39 is 0 Å². The van der Waals surface area contributed by atoms with Crippen LogP contribution in [0.3, 0.4) is 0 Å². The Kier molecular flexibility index (Phi) is 9.49. The number of ether oxygens (including phenoxy) is 2. The Balaban J connectivity index is 1.51. The number of benzene rings is 3. The first-order valence-electron chi connectivity index (χ1n) is 11.4. The van der Waals surface area contributed by atoms with Crippen LogP contribution in [-0.2, 0) is 9.53 Å². The van der Waals surface area contributed by atoms with Crippen molar-refractivity contribution in [2.75, 3.05) is 48.4 Å². The summed E-state index contributed by atoms with van der Waals surface area (Å²) in [5, 5.41) is 5.93. The fraction of sp³-hybridized carbons (Fsp3) is 0.259. The van der Waals surface area contributed by atoms with Crippen LogP contribution >= 0.6 is 0 Å². The third-order valence-electron chi connectivity index (χ3n) is 5.03. The van der Waals surface area contributed by atoms with Gasteiger partial charge in [-0.15, -0.1) is 0 Å². The molecule has 0 bridgehead atoms. The van der Waals surface area contributed by atoms with Crippen molar-refractivity contribution >= 4 is 28.9 Å².